The number of nitrogens with two attached hydrogens (primary N) is 1. The van der Waals surface area contributed by atoms with Gasteiger partial charge in [0.05, 0.1) is 6.54 Å². The predicted octanol–water partition coefficient (Wildman–Crippen LogP) is -0.290. The summed E-state index contributed by atoms with van der Waals surface area (Å²) >= 11 is 0. The topological polar surface area (TPSA) is 75.4 Å². The number of amides is 2. The molecule has 0 atom stereocenters. The van der Waals surface area contributed by atoms with Crippen LogP contribution in [-0.4, -0.2) is 42.9 Å². The van der Waals surface area contributed by atoms with Gasteiger partial charge in [-0.2, -0.15) is 0 Å². The van der Waals surface area contributed by atoms with E-state index in [1.165, 1.54) is 0 Å². The first-order chi connectivity index (χ1) is 7.15. The second-order valence-electron chi connectivity index (χ2n) is 3.23. The van der Waals surface area contributed by atoms with E-state index in [9.17, 15) is 9.59 Å². The van der Waals surface area contributed by atoms with Crippen LogP contribution in [0, 0.1) is 0 Å². The number of nitrogens with one attached hydrogen (secondary N) is 1. The zero-order valence-electron chi connectivity index (χ0n) is 9.58. The van der Waals surface area contributed by atoms with Crippen LogP contribution in [0.4, 0.5) is 0 Å². The summed E-state index contributed by atoms with van der Waals surface area (Å²) in [5.74, 6) is -0.151. The third kappa shape index (κ3) is 6.06. The molecule has 0 aliphatic carbocycles. The molecular weight excluding hydrogens is 194 g/mol. The quantitative estimate of drug-likeness (QED) is 0.613. The first kappa shape index (κ1) is 13.9. The highest BCUT2D eigenvalue weighted by Gasteiger charge is 2.10. The standard InChI is InChI=1S/C10H21N3O2/c1-3-13(4-2)10(15)8-12-9(14)6-5-7-11/h3-8,11H2,1-2H3,(H,12,14). The zero-order chi connectivity index (χ0) is 11.7. The molecule has 0 aromatic rings. The fourth-order valence-electron chi connectivity index (χ4n) is 1.21. The fourth-order valence-corrected chi connectivity index (χ4v) is 1.21. The van der Waals surface area contributed by atoms with E-state index in [-0.39, 0.29) is 18.4 Å². The Morgan fingerprint density at radius 2 is 1.87 bits per heavy atom. The molecule has 0 spiro atoms. The van der Waals surface area contributed by atoms with Gasteiger partial charge in [-0.1, -0.05) is 0 Å². The minimum Gasteiger partial charge on any atom is -0.347 e. The van der Waals surface area contributed by atoms with Crippen molar-refractivity contribution in [3.8, 4) is 0 Å². The highest BCUT2D eigenvalue weighted by atomic mass is 16.2. The van der Waals surface area contributed by atoms with E-state index >= 15 is 0 Å². The summed E-state index contributed by atoms with van der Waals surface area (Å²) < 4.78 is 0. The molecule has 0 saturated heterocycles. The highest BCUT2D eigenvalue weighted by molar-refractivity contribution is 5.84. The second kappa shape index (κ2) is 8.23. The minimum absolute atomic E-state index is 0.0406. The van der Waals surface area contributed by atoms with Crippen molar-refractivity contribution in [2.24, 2.45) is 5.73 Å². The summed E-state index contributed by atoms with van der Waals surface area (Å²) in [4.78, 5) is 24.3. The number of hydrogen-bond acceptors (Lipinski definition) is 3. The van der Waals surface area contributed by atoms with Gasteiger partial charge in [0.15, 0.2) is 0 Å². The molecule has 0 fully saturated rings. The summed E-state index contributed by atoms with van der Waals surface area (Å²) in [5, 5.41) is 2.58. The first-order valence-electron chi connectivity index (χ1n) is 5.40. The molecule has 2 amide bonds. The number of carbonyl (C=O) groups is 2. The maximum atomic E-state index is 11.5. The molecule has 0 saturated carbocycles. The molecule has 88 valence electrons. The Labute approximate surface area is 91.0 Å². The molecule has 5 heteroatoms. The molecule has 0 heterocycles. The van der Waals surface area contributed by atoms with E-state index in [0.29, 0.717) is 32.5 Å². The van der Waals surface area contributed by atoms with Crippen LogP contribution < -0.4 is 11.1 Å². The molecule has 3 N–H and O–H groups in total. The lowest BCUT2D eigenvalue weighted by Crippen LogP contribution is -2.40. The van der Waals surface area contributed by atoms with Crippen LogP contribution in [0.25, 0.3) is 0 Å². The summed E-state index contributed by atoms with van der Waals surface area (Å²) in [6.07, 6.45) is 1.05. The maximum Gasteiger partial charge on any atom is 0.241 e. The van der Waals surface area contributed by atoms with E-state index in [4.69, 9.17) is 5.73 Å². The van der Waals surface area contributed by atoms with Gasteiger partial charge >= 0.3 is 0 Å². The van der Waals surface area contributed by atoms with Crippen LogP contribution in [0.2, 0.25) is 0 Å². The minimum atomic E-state index is -0.110. The van der Waals surface area contributed by atoms with Gasteiger partial charge in [-0.15, -0.1) is 0 Å². The molecule has 15 heavy (non-hydrogen) atoms. The van der Waals surface area contributed by atoms with Gasteiger partial charge in [-0.3, -0.25) is 9.59 Å². The molecule has 0 radical (unpaired) electrons. The number of rotatable bonds is 7. The van der Waals surface area contributed by atoms with Crippen molar-refractivity contribution in [3.63, 3.8) is 0 Å². The monoisotopic (exact) mass is 215 g/mol. The van der Waals surface area contributed by atoms with Crippen LogP contribution in [0.15, 0.2) is 0 Å². The van der Waals surface area contributed by atoms with Gasteiger partial charge < -0.3 is 16.0 Å². The fraction of sp³-hybridized carbons (Fsp3) is 0.800. The van der Waals surface area contributed by atoms with Crippen molar-refractivity contribution >= 4 is 11.8 Å². The van der Waals surface area contributed by atoms with Crippen molar-refractivity contribution in [2.45, 2.75) is 26.7 Å². The lowest BCUT2D eigenvalue weighted by Gasteiger charge is -2.18. The molecule has 0 aromatic carbocycles. The van der Waals surface area contributed by atoms with E-state index < -0.39 is 0 Å². The molecule has 5 nitrogen and oxygen atoms in total. The van der Waals surface area contributed by atoms with Gasteiger partial charge in [-0.25, -0.2) is 0 Å². The Morgan fingerprint density at radius 1 is 1.27 bits per heavy atom. The summed E-state index contributed by atoms with van der Waals surface area (Å²) in [7, 11) is 0. The van der Waals surface area contributed by atoms with Crippen LogP contribution in [0.3, 0.4) is 0 Å². The average Bonchev–Trinajstić information content (AvgIpc) is 2.25. The molecular formula is C10H21N3O2. The molecule has 0 rings (SSSR count). The van der Waals surface area contributed by atoms with Gasteiger partial charge in [0, 0.05) is 19.5 Å². The third-order valence-electron chi connectivity index (χ3n) is 2.16. The van der Waals surface area contributed by atoms with Crippen LogP contribution in [0.5, 0.6) is 0 Å². The summed E-state index contributed by atoms with van der Waals surface area (Å²) in [5.41, 5.74) is 5.27. The average molecular weight is 215 g/mol. The normalized spacial score (nSPS) is 9.80. The van der Waals surface area contributed by atoms with Crippen LogP contribution >= 0.6 is 0 Å². The van der Waals surface area contributed by atoms with Crippen molar-refractivity contribution in [1.29, 1.82) is 0 Å². The van der Waals surface area contributed by atoms with Crippen LogP contribution in [-0.2, 0) is 9.59 Å². The Bertz CT molecular complexity index is 203. The van der Waals surface area contributed by atoms with Gasteiger partial charge in [0.25, 0.3) is 0 Å². The molecule has 0 aromatic heterocycles. The van der Waals surface area contributed by atoms with Gasteiger partial charge in [-0.05, 0) is 26.8 Å². The second-order valence-corrected chi connectivity index (χ2v) is 3.23. The largest absolute Gasteiger partial charge is 0.347 e. The van der Waals surface area contributed by atoms with E-state index in [1.807, 2.05) is 13.8 Å². The summed E-state index contributed by atoms with van der Waals surface area (Å²) in [6.45, 7) is 5.76. The zero-order valence-corrected chi connectivity index (χ0v) is 9.58. The van der Waals surface area contributed by atoms with E-state index in [0.717, 1.165) is 0 Å². The molecule has 0 unspecified atom stereocenters. The van der Waals surface area contributed by atoms with Crippen molar-refractivity contribution < 1.29 is 9.59 Å². The van der Waals surface area contributed by atoms with E-state index in [2.05, 4.69) is 5.32 Å². The number of likely N-dealkylation sites (N-methyl/N-ethyl adjacent to an activating group) is 1. The maximum absolute atomic E-state index is 11.5. The predicted molar refractivity (Wildman–Crippen MR) is 59.2 cm³/mol. The first-order valence-corrected chi connectivity index (χ1v) is 5.40. The lowest BCUT2D eigenvalue weighted by atomic mass is 10.3. The Kier molecular flexibility index (Phi) is 7.62. The molecule has 0 aliphatic heterocycles. The Balaban J connectivity index is 3.74. The number of nitrogens with zero attached hydrogens (tertiary/aromatic N) is 1. The van der Waals surface area contributed by atoms with Gasteiger partial charge in [0.1, 0.15) is 0 Å². The Morgan fingerprint density at radius 3 is 2.33 bits per heavy atom. The highest BCUT2D eigenvalue weighted by Crippen LogP contribution is 1.89. The summed E-state index contributed by atoms with van der Waals surface area (Å²) in [6, 6.07) is 0. The number of hydrogen-bond donors (Lipinski definition) is 2. The molecule has 0 aliphatic rings. The van der Waals surface area contributed by atoms with Crippen molar-refractivity contribution in [3.05, 3.63) is 0 Å². The smallest absolute Gasteiger partial charge is 0.241 e. The van der Waals surface area contributed by atoms with Crippen LogP contribution in [0.1, 0.15) is 26.7 Å². The number of carbonyl (C=O) groups excluding carboxylic acids is 2. The third-order valence-corrected chi connectivity index (χ3v) is 2.16. The van der Waals surface area contributed by atoms with Gasteiger partial charge in [0.2, 0.25) is 11.8 Å². The van der Waals surface area contributed by atoms with E-state index in [1.54, 1.807) is 4.90 Å². The van der Waals surface area contributed by atoms with Crippen molar-refractivity contribution in [2.75, 3.05) is 26.2 Å². The Hall–Kier alpha value is -1.10. The SMILES string of the molecule is CCN(CC)C(=O)CNC(=O)CCCN. The molecule has 0 bridgehead atoms. The van der Waals surface area contributed by atoms with Crippen molar-refractivity contribution in [1.82, 2.24) is 10.2 Å². The lowest BCUT2D eigenvalue weighted by molar-refractivity contribution is -0.132.